The summed E-state index contributed by atoms with van der Waals surface area (Å²) in [5, 5.41) is 4.88. The van der Waals surface area contributed by atoms with Gasteiger partial charge in [-0.25, -0.2) is 4.79 Å². The smallest absolute Gasteiger partial charge is 0.332 e. The maximum atomic E-state index is 13.3. The lowest BCUT2D eigenvalue weighted by Crippen LogP contribution is -2.41. The van der Waals surface area contributed by atoms with E-state index >= 15 is 0 Å². The summed E-state index contributed by atoms with van der Waals surface area (Å²) >= 11 is 7.27. The first kappa shape index (κ1) is 23.6. The van der Waals surface area contributed by atoms with Crippen LogP contribution in [0.15, 0.2) is 63.5 Å². The molecule has 34 heavy (non-hydrogen) atoms. The predicted molar refractivity (Wildman–Crippen MR) is 134 cm³/mol. The van der Waals surface area contributed by atoms with Crippen LogP contribution in [0.5, 0.6) is 11.5 Å². The van der Waals surface area contributed by atoms with Crippen LogP contribution in [-0.2, 0) is 17.9 Å². The predicted octanol–water partition coefficient (Wildman–Crippen LogP) is 3.97. The molecule has 0 fully saturated rings. The van der Waals surface area contributed by atoms with Gasteiger partial charge in [-0.3, -0.25) is 18.7 Å². The Labute approximate surface area is 203 Å². The Kier molecular flexibility index (Phi) is 7.04. The average molecular weight is 500 g/mol. The van der Waals surface area contributed by atoms with Crippen molar-refractivity contribution in [2.75, 3.05) is 19.0 Å². The van der Waals surface area contributed by atoms with E-state index in [0.717, 1.165) is 10.1 Å². The largest absolute Gasteiger partial charge is 0.495 e. The highest BCUT2D eigenvalue weighted by Gasteiger charge is 2.18. The van der Waals surface area contributed by atoms with Crippen molar-refractivity contribution in [3.63, 3.8) is 0 Å². The van der Waals surface area contributed by atoms with E-state index < -0.39 is 17.2 Å². The fourth-order valence-electron chi connectivity index (χ4n) is 3.58. The van der Waals surface area contributed by atoms with Crippen molar-refractivity contribution in [3.05, 3.63) is 85.3 Å². The van der Waals surface area contributed by atoms with E-state index in [4.69, 9.17) is 21.1 Å². The van der Waals surface area contributed by atoms with Crippen LogP contribution in [0.1, 0.15) is 12.5 Å². The summed E-state index contributed by atoms with van der Waals surface area (Å²) < 4.78 is 13.6. The van der Waals surface area contributed by atoms with Gasteiger partial charge in [0.05, 0.1) is 31.5 Å². The van der Waals surface area contributed by atoms with Crippen LogP contribution in [0.25, 0.3) is 10.2 Å². The third-order valence-corrected chi connectivity index (χ3v) is 6.28. The lowest BCUT2D eigenvalue weighted by atomic mass is 10.2. The summed E-state index contributed by atoms with van der Waals surface area (Å²) in [5.41, 5.74) is 0.599. The third kappa shape index (κ3) is 4.85. The highest BCUT2D eigenvalue weighted by atomic mass is 35.5. The standard InChI is InChI=1S/C24H22ClN3O5S/c1-3-33-17-7-4-15(5-8-17)13-28-23(30)22-19(10-11-34-22)27(24(28)31)14-21(29)26-18-12-16(25)6-9-20(18)32-2/h4-12H,3,13-14H2,1-2H3,(H,26,29). The minimum atomic E-state index is -0.571. The normalized spacial score (nSPS) is 10.9. The van der Waals surface area contributed by atoms with E-state index in [-0.39, 0.29) is 13.1 Å². The zero-order valence-electron chi connectivity index (χ0n) is 18.5. The highest BCUT2D eigenvalue weighted by Crippen LogP contribution is 2.27. The van der Waals surface area contributed by atoms with E-state index in [1.54, 1.807) is 53.9 Å². The fraction of sp³-hybridized carbons (Fsp3) is 0.208. The van der Waals surface area contributed by atoms with Crippen LogP contribution < -0.4 is 26.0 Å². The molecule has 0 aliphatic heterocycles. The van der Waals surface area contributed by atoms with Crippen LogP contribution in [0.3, 0.4) is 0 Å². The lowest BCUT2D eigenvalue weighted by Gasteiger charge is -2.14. The van der Waals surface area contributed by atoms with Gasteiger partial charge in [0.2, 0.25) is 5.91 Å². The molecule has 4 aromatic rings. The molecular weight excluding hydrogens is 478 g/mol. The number of hydrogen-bond donors (Lipinski definition) is 1. The second-order valence-corrected chi connectivity index (χ2v) is 8.72. The number of nitrogens with zero attached hydrogens (tertiary/aromatic N) is 2. The highest BCUT2D eigenvalue weighted by molar-refractivity contribution is 7.17. The SMILES string of the molecule is CCOc1ccc(Cn2c(=O)c3sccc3n(CC(=O)Nc3cc(Cl)ccc3OC)c2=O)cc1. The number of anilines is 1. The van der Waals surface area contributed by atoms with Crippen LogP contribution in [0.2, 0.25) is 5.02 Å². The zero-order valence-corrected chi connectivity index (χ0v) is 20.1. The van der Waals surface area contributed by atoms with E-state index in [0.29, 0.717) is 39.0 Å². The van der Waals surface area contributed by atoms with Crippen LogP contribution in [0.4, 0.5) is 5.69 Å². The number of carbonyl (C=O) groups excluding carboxylic acids is 1. The first-order valence-corrected chi connectivity index (χ1v) is 11.7. The molecule has 0 spiro atoms. The summed E-state index contributed by atoms with van der Waals surface area (Å²) in [4.78, 5) is 39.2. The Bertz CT molecular complexity index is 1460. The molecule has 0 atom stereocenters. The van der Waals surface area contributed by atoms with Crippen LogP contribution in [-0.4, -0.2) is 28.8 Å². The van der Waals surface area contributed by atoms with Crippen molar-refractivity contribution >= 4 is 44.7 Å². The number of hydrogen-bond acceptors (Lipinski definition) is 6. The van der Waals surface area contributed by atoms with Gasteiger partial charge in [-0.05, 0) is 54.3 Å². The Morgan fingerprint density at radius 3 is 2.56 bits per heavy atom. The Balaban J connectivity index is 1.67. The van der Waals surface area contributed by atoms with Gasteiger partial charge in [0.1, 0.15) is 22.7 Å². The van der Waals surface area contributed by atoms with Crippen molar-refractivity contribution in [2.24, 2.45) is 0 Å². The first-order valence-electron chi connectivity index (χ1n) is 10.5. The minimum absolute atomic E-state index is 0.0711. The van der Waals surface area contributed by atoms with Gasteiger partial charge in [0, 0.05) is 5.02 Å². The number of amides is 1. The Hall–Kier alpha value is -3.56. The number of methoxy groups -OCH3 is 1. The quantitative estimate of drug-likeness (QED) is 0.396. The van der Waals surface area contributed by atoms with Gasteiger partial charge >= 0.3 is 5.69 Å². The van der Waals surface area contributed by atoms with Crippen molar-refractivity contribution in [2.45, 2.75) is 20.0 Å². The van der Waals surface area contributed by atoms with Gasteiger partial charge in [0.25, 0.3) is 5.56 Å². The average Bonchev–Trinajstić information content (AvgIpc) is 3.31. The lowest BCUT2D eigenvalue weighted by molar-refractivity contribution is -0.116. The molecule has 4 rings (SSSR count). The number of halogens is 1. The molecule has 1 N–H and O–H groups in total. The molecular formula is C24H22ClN3O5S. The van der Waals surface area contributed by atoms with Crippen LogP contribution >= 0.6 is 22.9 Å². The topological polar surface area (TPSA) is 91.6 Å². The van der Waals surface area contributed by atoms with Crippen molar-refractivity contribution < 1.29 is 14.3 Å². The molecule has 0 saturated heterocycles. The Morgan fingerprint density at radius 1 is 1.09 bits per heavy atom. The van der Waals surface area contributed by atoms with Gasteiger partial charge in [-0.1, -0.05) is 23.7 Å². The fourth-order valence-corrected chi connectivity index (χ4v) is 4.59. The molecule has 0 radical (unpaired) electrons. The van der Waals surface area contributed by atoms with Gasteiger partial charge in [-0.2, -0.15) is 0 Å². The van der Waals surface area contributed by atoms with Gasteiger partial charge in [-0.15, -0.1) is 11.3 Å². The molecule has 10 heteroatoms. The molecule has 0 aliphatic rings. The minimum Gasteiger partial charge on any atom is -0.495 e. The van der Waals surface area contributed by atoms with Gasteiger partial charge in [0.15, 0.2) is 0 Å². The second kappa shape index (κ2) is 10.1. The molecule has 2 aromatic heterocycles. The molecule has 0 aliphatic carbocycles. The molecule has 0 bridgehead atoms. The van der Waals surface area contributed by atoms with Gasteiger partial charge < -0.3 is 14.8 Å². The molecule has 0 saturated carbocycles. The van der Waals surface area contributed by atoms with E-state index in [1.807, 2.05) is 6.92 Å². The summed E-state index contributed by atoms with van der Waals surface area (Å²) in [6.07, 6.45) is 0. The molecule has 1 amide bonds. The molecule has 2 heterocycles. The second-order valence-electron chi connectivity index (χ2n) is 7.36. The Morgan fingerprint density at radius 2 is 1.85 bits per heavy atom. The number of fused-ring (bicyclic) bond motifs is 1. The third-order valence-electron chi connectivity index (χ3n) is 5.15. The summed E-state index contributed by atoms with van der Waals surface area (Å²) in [7, 11) is 1.48. The molecule has 176 valence electrons. The number of nitrogens with one attached hydrogen (secondary N) is 1. The van der Waals surface area contributed by atoms with E-state index in [1.165, 1.54) is 23.0 Å². The molecule has 0 unspecified atom stereocenters. The molecule has 2 aromatic carbocycles. The number of benzene rings is 2. The van der Waals surface area contributed by atoms with E-state index in [9.17, 15) is 14.4 Å². The maximum Gasteiger partial charge on any atom is 0.332 e. The number of aromatic nitrogens is 2. The van der Waals surface area contributed by atoms with Crippen LogP contribution in [0, 0.1) is 0 Å². The first-order chi connectivity index (χ1) is 16.4. The number of ether oxygens (including phenoxy) is 2. The monoisotopic (exact) mass is 499 g/mol. The van der Waals surface area contributed by atoms with Crippen molar-refractivity contribution in [3.8, 4) is 11.5 Å². The maximum absolute atomic E-state index is 13.3. The number of thiophene rings is 1. The van der Waals surface area contributed by atoms with E-state index in [2.05, 4.69) is 5.32 Å². The van der Waals surface area contributed by atoms with Crippen molar-refractivity contribution in [1.82, 2.24) is 9.13 Å². The molecule has 8 nitrogen and oxygen atoms in total. The van der Waals surface area contributed by atoms with Crippen molar-refractivity contribution in [1.29, 1.82) is 0 Å². The summed E-state index contributed by atoms with van der Waals surface area (Å²) in [6, 6.07) is 13.7. The zero-order chi connectivity index (χ0) is 24.2. The summed E-state index contributed by atoms with van der Waals surface area (Å²) in [5.74, 6) is 0.686. The number of rotatable bonds is 8. The summed E-state index contributed by atoms with van der Waals surface area (Å²) in [6.45, 7) is 2.22. The number of carbonyl (C=O) groups is 1.